The van der Waals surface area contributed by atoms with Crippen LogP contribution in [0.2, 0.25) is 0 Å². The Morgan fingerprint density at radius 1 is 1.29 bits per heavy atom. The minimum atomic E-state index is 0.490. The van der Waals surface area contributed by atoms with Crippen LogP contribution in [-0.2, 0) is 13.1 Å². The minimum absolute atomic E-state index is 0.490. The standard InChI is InChI=1S/C18H28N2O/c1-6-7-10-20-14(4)17(12-19-13(2)3)16-11-15(21-5)8-9-18(16)20/h8-9,11,13,19H,6-7,10,12H2,1-5H3. The molecule has 0 atom stereocenters. The number of nitrogens with zero attached hydrogens (tertiary/aromatic N) is 1. The third kappa shape index (κ3) is 3.41. The molecule has 1 heterocycles. The van der Waals surface area contributed by atoms with Crippen LogP contribution in [0, 0.1) is 6.92 Å². The number of aromatic nitrogens is 1. The first-order valence-corrected chi connectivity index (χ1v) is 7.97. The quantitative estimate of drug-likeness (QED) is 0.824. The van der Waals surface area contributed by atoms with E-state index in [1.54, 1.807) is 7.11 Å². The first kappa shape index (κ1) is 15.9. The number of nitrogens with one attached hydrogen (secondary N) is 1. The Hall–Kier alpha value is -1.48. The zero-order valence-electron chi connectivity index (χ0n) is 14.0. The van der Waals surface area contributed by atoms with E-state index in [-0.39, 0.29) is 0 Å². The van der Waals surface area contributed by atoms with Crippen molar-refractivity contribution in [3.8, 4) is 5.75 Å². The van der Waals surface area contributed by atoms with Crippen molar-refractivity contribution in [2.75, 3.05) is 7.11 Å². The molecular weight excluding hydrogens is 260 g/mol. The summed E-state index contributed by atoms with van der Waals surface area (Å²) in [6.45, 7) is 10.8. The number of rotatable bonds is 7. The van der Waals surface area contributed by atoms with Gasteiger partial charge < -0.3 is 14.6 Å². The van der Waals surface area contributed by atoms with Gasteiger partial charge in [-0.25, -0.2) is 0 Å². The highest BCUT2D eigenvalue weighted by Gasteiger charge is 2.14. The number of hydrogen-bond acceptors (Lipinski definition) is 2. The van der Waals surface area contributed by atoms with Gasteiger partial charge in [-0.3, -0.25) is 0 Å². The molecule has 2 aromatic rings. The van der Waals surface area contributed by atoms with Crippen LogP contribution in [0.5, 0.6) is 5.75 Å². The average molecular weight is 288 g/mol. The fourth-order valence-corrected chi connectivity index (χ4v) is 2.79. The lowest BCUT2D eigenvalue weighted by molar-refractivity contribution is 0.415. The molecule has 0 fully saturated rings. The highest BCUT2D eigenvalue weighted by molar-refractivity contribution is 5.87. The SMILES string of the molecule is CCCCn1c(C)c(CNC(C)C)c2cc(OC)ccc21. The van der Waals surface area contributed by atoms with Gasteiger partial charge in [-0.15, -0.1) is 0 Å². The number of benzene rings is 1. The number of methoxy groups -OCH3 is 1. The summed E-state index contributed by atoms with van der Waals surface area (Å²) < 4.78 is 7.86. The Morgan fingerprint density at radius 2 is 2.05 bits per heavy atom. The molecule has 0 saturated heterocycles. The van der Waals surface area contributed by atoms with Gasteiger partial charge >= 0.3 is 0 Å². The monoisotopic (exact) mass is 288 g/mol. The van der Waals surface area contributed by atoms with E-state index in [1.807, 2.05) is 0 Å². The highest BCUT2D eigenvalue weighted by atomic mass is 16.5. The second-order valence-corrected chi connectivity index (χ2v) is 5.99. The molecule has 2 rings (SSSR count). The zero-order chi connectivity index (χ0) is 15.4. The van der Waals surface area contributed by atoms with Crippen molar-refractivity contribution in [3.63, 3.8) is 0 Å². The summed E-state index contributed by atoms with van der Waals surface area (Å²) in [6.07, 6.45) is 2.43. The van der Waals surface area contributed by atoms with Crippen molar-refractivity contribution in [2.24, 2.45) is 0 Å². The lowest BCUT2D eigenvalue weighted by atomic mass is 10.1. The summed E-state index contributed by atoms with van der Waals surface area (Å²) >= 11 is 0. The van der Waals surface area contributed by atoms with Gasteiger partial charge in [-0.05, 0) is 37.1 Å². The maximum Gasteiger partial charge on any atom is 0.119 e. The van der Waals surface area contributed by atoms with Crippen molar-refractivity contribution in [1.82, 2.24) is 9.88 Å². The van der Waals surface area contributed by atoms with Gasteiger partial charge in [-0.1, -0.05) is 27.2 Å². The van der Waals surface area contributed by atoms with Gasteiger partial charge in [-0.2, -0.15) is 0 Å². The normalized spacial score (nSPS) is 11.5. The molecule has 0 aliphatic rings. The Bertz CT molecular complexity index is 599. The predicted octanol–water partition coefficient (Wildman–Crippen LogP) is 4.26. The third-order valence-corrected chi connectivity index (χ3v) is 4.08. The Balaban J connectivity index is 2.49. The van der Waals surface area contributed by atoms with Gasteiger partial charge in [0, 0.05) is 35.7 Å². The molecule has 0 spiro atoms. The largest absolute Gasteiger partial charge is 0.497 e. The molecule has 0 aliphatic carbocycles. The van der Waals surface area contributed by atoms with E-state index >= 15 is 0 Å². The van der Waals surface area contributed by atoms with Gasteiger partial charge in [0.2, 0.25) is 0 Å². The molecular formula is C18H28N2O. The Morgan fingerprint density at radius 3 is 2.67 bits per heavy atom. The number of hydrogen-bond donors (Lipinski definition) is 1. The Kier molecular flexibility index (Phi) is 5.29. The summed E-state index contributed by atoms with van der Waals surface area (Å²) in [5, 5.41) is 4.86. The van der Waals surface area contributed by atoms with E-state index in [4.69, 9.17) is 4.74 Å². The maximum atomic E-state index is 5.40. The molecule has 0 aliphatic heterocycles. The minimum Gasteiger partial charge on any atom is -0.497 e. The van der Waals surface area contributed by atoms with Crippen LogP contribution in [0.15, 0.2) is 18.2 Å². The first-order chi connectivity index (χ1) is 10.1. The van der Waals surface area contributed by atoms with E-state index in [1.165, 1.54) is 35.0 Å². The topological polar surface area (TPSA) is 26.2 Å². The number of ether oxygens (including phenoxy) is 1. The molecule has 3 nitrogen and oxygen atoms in total. The molecule has 3 heteroatoms. The van der Waals surface area contributed by atoms with Crippen LogP contribution in [0.1, 0.15) is 44.9 Å². The van der Waals surface area contributed by atoms with Gasteiger partial charge in [0.1, 0.15) is 5.75 Å². The van der Waals surface area contributed by atoms with Crippen LogP contribution in [-0.4, -0.2) is 17.7 Å². The van der Waals surface area contributed by atoms with Crippen molar-refractivity contribution in [3.05, 3.63) is 29.5 Å². The van der Waals surface area contributed by atoms with Crippen LogP contribution in [0.25, 0.3) is 10.9 Å². The number of unbranched alkanes of at least 4 members (excludes halogenated alkanes) is 1. The fraction of sp³-hybridized carbons (Fsp3) is 0.556. The molecule has 1 aromatic heterocycles. The van der Waals surface area contributed by atoms with Gasteiger partial charge in [0.25, 0.3) is 0 Å². The van der Waals surface area contributed by atoms with Crippen LogP contribution in [0.3, 0.4) is 0 Å². The van der Waals surface area contributed by atoms with Crippen molar-refractivity contribution < 1.29 is 4.74 Å². The summed E-state index contributed by atoms with van der Waals surface area (Å²) in [5.74, 6) is 0.931. The van der Waals surface area contributed by atoms with E-state index in [9.17, 15) is 0 Å². The fourth-order valence-electron chi connectivity index (χ4n) is 2.79. The highest BCUT2D eigenvalue weighted by Crippen LogP contribution is 2.29. The maximum absolute atomic E-state index is 5.40. The van der Waals surface area contributed by atoms with E-state index in [0.717, 1.165) is 18.8 Å². The molecule has 1 N–H and O–H groups in total. The molecule has 0 radical (unpaired) electrons. The van der Waals surface area contributed by atoms with Gasteiger partial charge in [0.15, 0.2) is 0 Å². The summed E-state index contributed by atoms with van der Waals surface area (Å²) in [6, 6.07) is 6.91. The lowest BCUT2D eigenvalue weighted by Crippen LogP contribution is -2.22. The van der Waals surface area contributed by atoms with E-state index in [0.29, 0.717) is 6.04 Å². The molecule has 0 bridgehead atoms. The smallest absolute Gasteiger partial charge is 0.119 e. The van der Waals surface area contributed by atoms with Crippen molar-refractivity contribution >= 4 is 10.9 Å². The van der Waals surface area contributed by atoms with Crippen molar-refractivity contribution in [1.29, 1.82) is 0 Å². The van der Waals surface area contributed by atoms with E-state index < -0.39 is 0 Å². The molecule has 0 unspecified atom stereocenters. The Labute approximate surface area is 128 Å². The average Bonchev–Trinajstić information content (AvgIpc) is 2.73. The predicted molar refractivity (Wildman–Crippen MR) is 90.1 cm³/mol. The second-order valence-electron chi connectivity index (χ2n) is 5.99. The molecule has 0 amide bonds. The second kappa shape index (κ2) is 6.99. The molecule has 116 valence electrons. The third-order valence-electron chi connectivity index (χ3n) is 4.08. The lowest BCUT2D eigenvalue weighted by Gasteiger charge is -2.10. The van der Waals surface area contributed by atoms with Crippen LogP contribution in [0.4, 0.5) is 0 Å². The van der Waals surface area contributed by atoms with E-state index in [2.05, 4.69) is 55.8 Å². The molecule has 21 heavy (non-hydrogen) atoms. The van der Waals surface area contributed by atoms with Gasteiger partial charge in [0.05, 0.1) is 7.11 Å². The molecule has 1 aromatic carbocycles. The number of fused-ring (bicyclic) bond motifs is 1. The summed E-state index contributed by atoms with van der Waals surface area (Å²) in [7, 11) is 1.73. The molecule has 0 saturated carbocycles. The van der Waals surface area contributed by atoms with Crippen LogP contribution < -0.4 is 10.1 Å². The van der Waals surface area contributed by atoms with Crippen LogP contribution >= 0.6 is 0 Å². The number of aryl methyl sites for hydroxylation is 1. The summed E-state index contributed by atoms with van der Waals surface area (Å²) in [5.41, 5.74) is 4.09. The first-order valence-electron chi connectivity index (χ1n) is 7.97. The summed E-state index contributed by atoms with van der Waals surface area (Å²) in [4.78, 5) is 0. The van der Waals surface area contributed by atoms with Crippen molar-refractivity contribution in [2.45, 2.75) is 59.7 Å². The zero-order valence-corrected chi connectivity index (χ0v) is 14.0.